The van der Waals surface area contributed by atoms with E-state index < -0.39 is 0 Å². The minimum Gasteiger partial charge on any atom is -0.265 e. The van der Waals surface area contributed by atoms with Crippen LogP contribution in [0.2, 0.25) is 0 Å². The van der Waals surface area contributed by atoms with Gasteiger partial charge in [0.1, 0.15) is 0 Å². The van der Waals surface area contributed by atoms with Gasteiger partial charge in [-0.05, 0) is 24.3 Å². The maximum atomic E-state index is 3.78. The van der Waals surface area contributed by atoms with E-state index >= 15 is 0 Å². The fourth-order valence-electron chi connectivity index (χ4n) is 0.625. The minimum atomic E-state index is 0. The number of pyridine rings is 2. The van der Waals surface area contributed by atoms with Crippen LogP contribution in [0, 0.1) is 0 Å². The molecule has 0 saturated heterocycles. The summed E-state index contributed by atoms with van der Waals surface area (Å²) >= 11 is 0. The number of hydrogen-bond donors (Lipinski definition) is 0. The Balaban J connectivity index is 0.000000206. The summed E-state index contributed by atoms with van der Waals surface area (Å²) in [4.78, 5) is 7.57. The molecule has 2 nitrogen and oxygen atoms in total. The molecular weight excluding hydrogens is 340 g/mol. The van der Waals surface area contributed by atoms with E-state index in [2.05, 4.69) is 9.97 Å². The Morgan fingerprint density at radius 1 is 0.462 bits per heavy atom. The summed E-state index contributed by atoms with van der Waals surface area (Å²) in [5, 5.41) is 0. The maximum Gasteiger partial charge on any atom is 3.00 e. The van der Waals surface area contributed by atoms with Crippen molar-refractivity contribution in [3.05, 3.63) is 61.2 Å². The monoisotopic (exact) mass is 351 g/mol. The van der Waals surface area contributed by atoms with Crippen LogP contribution < -0.4 is 0 Å². The van der Waals surface area contributed by atoms with Crippen molar-refractivity contribution < 1.29 is 20.1 Å². The largest absolute Gasteiger partial charge is 3.00 e. The maximum absolute atomic E-state index is 3.78. The molecule has 0 unspecified atom stereocenters. The average molecular weight is 350 g/mol. The number of nitrogens with zero attached hydrogens (tertiary/aromatic N) is 2. The van der Waals surface area contributed by atoms with Crippen LogP contribution in [0.25, 0.3) is 0 Å². The van der Waals surface area contributed by atoms with E-state index in [1.165, 1.54) is 0 Å². The Morgan fingerprint density at radius 3 is 0.846 bits per heavy atom. The van der Waals surface area contributed by atoms with Crippen LogP contribution >= 0.6 is 0 Å². The molecule has 0 bridgehead atoms. The Morgan fingerprint density at radius 2 is 0.769 bits per heavy atom. The molecule has 3 heteroatoms. The molecule has 0 amide bonds. The van der Waals surface area contributed by atoms with Crippen LogP contribution in [0.4, 0.5) is 0 Å². The van der Waals surface area contributed by atoms with Gasteiger partial charge in [-0.1, -0.05) is 12.1 Å². The second kappa shape index (κ2) is 9.04. The molecule has 0 aliphatic carbocycles. The van der Waals surface area contributed by atoms with Crippen LogP contribution in [0.5, 0.6) is 0 Å². The first-order chi connectivity index (χ1) is 6.00. The predicted octanol–water partition coefficient (Wildman–Crippen LogP) is 2.16. The quantitative estimate of drug-likeness (QED) is 0.728. The molecule has 66 valence electrons. The molecule has 0 aliphatic rings. The Bertz CT molecular complexity index is 188. The van der Waals surface area contributed by atoms with Crippen LogP contribution in [0.1, 0.15) is 0 Å². The van der Waals surface area contributed by atoms with Gasteiger partial charge in [0.25, 0.3) is 0 Å². The normalized spacial score (nSPS) is 7.38. The number of rotatable bonds is 0. The zero-order valence-electron chi connectivity index (χ0n) is 7.00. The van der Waals surface area contributed by atoms with Crippen LogP contribution in [0.3, 0.4) is 0 Å². The topological polar surface area (TPSA) is 25.8 Å². The van der Waals surface area contributed by atoms with Crippen molar-refractivity contribution in [1.29, 1.82) is 0 Å². The van der Waals surface area contributed by atoms with E-state index in [0.29, 0.717) is 0 Å². The van der Waals surface area contributed by atoms with E-state index in [1.54, 1.807) is 24.8 Å². The van der Waals surface area contributed by atoms with Crippen molar-refractivity contribution >= 4 is 0 Å². The fourth-order valence-corrected chi connectivity index (χ4v) is 0.625. The van der Waals surface area contributed by atoms with Gasteiger partial charge in [-0.15, -0.1) is 0 Å². The summed E-state index contributed by atoms with van der Waals surface area (Å²) < 4.78 is 0. The van der Waals surface area contributed by atoms with E-state index in [1.807, 2.05) is 36.4 Å². The summed E-state index contributed by atoms with van der Waals surface area (Å²) in [6, 6.07) is 11.4. The summed E-state index contributed by atoms with van der Waals surface area (Å²) in [5.41, 5.74) is 0. The Kier molecular flexibility index (Phi) is 8.31. The van der Waals surface area contributed by atoms with Crippen LogP contribution in [0.15, 0.2) is 61.2 Å². The van der Waals surface area contributed by atoms with E-state index in [4.69, 9.17) is 0 Å². The Labute approximate surface area is 91.4 Å². The summed E-state index contributed by atoms with van der Waals surface area (Å²) in [7, 11) is 0. The molecule has 0 saturated carbocycles. The standard InChI is InChI=1S/2C5H5N.Ir/c2*1-2-4-6-5-3-1;/h2*1-5H;/q;;+3. The third kappa shape index (κ3) is 7.31. The average Bonchev–Trinajstić information content (AvgIpc) is 2.24. The van der Waals surface area contributed by atoms with E-state index in [-0.39, 0.29) is 20.1 Å². The van der Waals surface area contributed by atoms with Gasteiger partial charge in [0.05, 0.1) is 0 Å². The number of hydrogen-bond acceptors (Lipinski definition) is 2. The summed E-state index contributed by atoms with van der Waals surface area (Å²) in [6.45, 7) is 0. The molecule has 13 heavy (non-hydrogen) atoms. The minimum absolute atomic E-state index is 0. The molecule has 0 aliphatic heterocycles. The molecule has 2 heterocycles. The predicted molar refractivity (Wildman–Crippen MR) is 48.5 cm³/mol. The first-order valence-electron chi connectivity index (χ1n) is 3.70. The molecule has 0 N–H and O–H groups in total. The van der Waals surface area contributed by atoms with Gasteiger partial charge in [-0.25, -0.2) is 0 Å². The second-order valence-corrected chi connectivity index (χ2v) is 2.05. The fraction of sp³-hybridized carbons (Fsp3) is 0. The van der Waals surface area contributed by atoms with Gasteiger partial charge in [0.2, 0.25) is 0 Å². The summed E-state index contributed by atoms with van der Waals surface area (Å²) in [5.74, 6) is 0. The first-order valence-corrected chi connectivity index (χ1v) is 3.70. The summed E-state index contributed by atoms with van der Waals surface area (Å²) in [6.07, 6.45) is 7.00. The van der Waals surface area contributed by atoms with E-state index in [9.17, 15) is 0 Å². The van der Waals surface area contributed by atoms with Gasteiger partial charge < -0.3 is 0 Å². The molecule has 0 radical (unpaired) electrons. The molecule has 2 aromatic rings. The van der Waals surface area contributed by atoms with Crippen molar-refractivity contribution in [3.8, 4) is 0 Å². The molecule has 0 fully saturated rings. The first kappa shape index (κ1) is 11.9. The van der Waals surface area contributed by atoms with Crippen molar-refractivity contribution in [2.45, 2.75) is 0 Å². The smallest absolute Gasteiger partial charge is 0.265 e. The molecule has 0 spiro atoms. The van der Waals surface area contributed by atoms with Crippen molar-refractivity contribution in [2.75, 3.05) is 0 Å². The van der Waals surface area contributed by atoms with Gasteiger partial charge in [0.15, 0.2) is 0 Å². The SMILES string of the molecule is [Ir+3].c1ccncc1.c1ccncc1. The van der Waals surface area contributed by atoms with Crippen LogP contribution in [-0.2, 0) is 20.1 Å². The third-order valence-corrected chi connectivity index (χ3v) is 1.13. The molecule has 2 rings (SSSR count). The van der Waals surface area contributed by atoms with Gasteiger partial charge >= 0.3 is 20.1 Å². The van der Waals surface area contributed by atoms with Crippen molar-refractivity contribution in [3.63, 3.8) is 0 Å². The van der Waals surface area contributed by atoms with Crippen LogP contribution in [-0.4, -0.2) is 9.97 Å². The van der Waals surface area contributed by atoms with Gasteiger partial charge in [-0.3, -0.25) is 9.97 Å². The Hall–Kier alpha value is -1.05. The second-order valence-electron chi connectivity index (χ2n) is 2.05. The van der Waals surface area contributed by atoms with Crippen molar-refractivity contribution in [2.24, 2.45) is 0 Å². The number of aromatic nitrogens is 2. The molecule has 0 atom stereocenters. The van der Waals surface area contributed by atoms with Gasteiger partial charge in [-0.2, -0.15) is 0 Å². The van der Waals surface area contributed by atoms with E-state index in [0.717, 1.165) is 0 Å². The van der Waals surface area contributed by atoms with Crippen molar-refractivity contribution in [1.82, 2.24) is 9.97 Å². The third-order valence-electron chi connectivity index (χ3n) is 1.13. The molecule has 0 aromatic carbocycles. The molecular formula is C10H10IrN2+3. The molecule has 2 aromatic heterocycles. The van der Waals surface area contributed by atoms with Gasteiger partial charge in [0, 0.05) is 24.8 Å². The zero-order chi connectivity index (χ0) is 8.49. The zero-order valence-corrected chi connectivity index (χ0v) is 9.40.